The molecule has 0 saturated carbocycles. The minimum atomic E-state index is -0.491. The number of likely N-dealkylation sites (tertiary alicyclic amines) is 1. The number of amides is 1. The molecule has 2 aromatic carbocycles. The molecule has 0 spiro atoms. The van der Waals surface area contributed by atoms with Crippen LogP contribution in [0.5, 0.6) is 5.75 Å². The summed E-state index contributed by atoms with van der Waals surface area (Å²) in [6.45, 7) is 4.00. The van der Waals surface area contributed by atoms with Gasteiger partial charge in [-0.05, 0) is 55.5 Å². The lowest BCUT2D eigenvalue weighted by Gasteiger charge is -2.38. The number of hydrogen-bond acceptors (Lipinski definition) is 5. The fourth-order valence-electron chi connectivity index (χ4n) is 3.86. The second kappa shape index (κ2) is 10.8. The highest BCUT2D eigenvalue weighted by atomic mass is 16.6. The number of nitrogens with one attached hydrogen (secondary N) is 1. The summed E-state index contributed by atoms with van der Waals surface area (Å²) >= 11 is 0. The van der Waals surface area contributed by atoms with Crippen molar-refractivity contribution in [2.75, 3.05) is 32.1 Å². The topological polar surface area (TPSA) is 83.0 Å². The van der Waals surface area contributed by atoms with Gasteiger partial charge in [0.05, 0.1) is 13.0 Å². The van der Waals surface area contributed by atoms with Crippen molar-refractivity contribution in [2.45, 2.75) is 38.7 Å². The Labute approximate surface area is 183 Å². The smallest absolute Gasteiger partial charge is 0.412 e. The summed E-state index contributed by atoms with van der Waals surface area (Å²) in [6, 6.07) is 16.2. The summed E-state index contributed by atoms with van der Waals surface area (Å²) in [7, 11) is 1.59. The number of hydrogen-bond donors (Lipinski definition) is 1. The van der Waals surface area contributed by atoms with Crippen LogP contribution in [0.2, 0.25) is 0 Å². The van der Waals surface area contributed by atoms with E-state index in [-0.39, 0.29) is 12.0 Å². The molecule has 1 aliphatic heterocycles. The van der Waals surface area contributed by atoms with E-state index >= 15 is 0 Å². The minimum Gasteiger partial charge on any atom is -0.855 e. The molecule has 1 amide bonds. The van der Waals surface area contributed by atoms with Crippen molar-refractivity contribution in [3.05, 3.63) is 60.2 Å². The second-order valence-electron chi connectivity index (χ2n) is 7.85. The van der Waals surface area contributed by atoms with Gasteiger partial charge in [0, 0.05) is 5.69 Å². The average molecular weight is 426 g/mol. The van der Waals surface area contributed by atoms with Crippen molar-refractivity contribution in [1.29, 1.82) is 0 Å². The first-order chi connectivity index (χ1) is 15.0. The predicted molar refractivity (Wildman–Crippen MR) is 119 cm³/mol. The molecule has 1 heterocycles. The Morgan fingerprint density at radius 2 is 1.77 bits per heavy atom. The van der Waals surface area contributed by atoms with Gasteiger partial charge in [-0.1, -0.05) is 42.4 Å². The van der Waals surface area contributed by atoms with Crippen molar-refractivity contribution in [1.82, 2.24) is 0 Å². The molecular formula is C24H31N3O4. The van der Waals surface area contributed by atoms with Gasteiger partial charge in [-0.15, -0.1) is 0 Å². The molecule has 1 saturated heterocycles. The van der Waals surface area contributed by atoms with Gasteiger partial charge in [0.2, 0.25) is 0 Å². The lowest BCUT2D eigenvalue weighted by molar-refractivity contribution is -0.942. The lowest BCUT2D eigenvalue weighted by atomic mass is 10.1. The zero-order valence-electron chi connectivity index (χ0n) is 18.3. The first-order valence-electron chi connectivity index (χ1n) is 10.8. The Balaban J connectivity index is 1.72. The number of piperidine rings is 1. The average Bonchev–Trinajstić information content (AvgIpc) is 2.79. The molecule has 1 atom stereocenters. The third-order valence-electron chi connectivity index (χ3n) is 5.58. The Kier molecular flexibility index (Phi) is 7.89. The standard InChI is InChI=1S/C24H31N3O4/c1-3-21(31-24(29)25-20-10-6-4-7-11-20)18-27(16-8-5-9-17-27)26-23(28)19-12-14-22(30-2)15-13-19/h4,6-7,10-15,21H,3,5,8-9,16-18H2,1-2H3,(H-,25,26,28,29). The molecule has 3 rings (SSSR count). The monoisotopic (exact) mass is 425 g/mol. The third-order valence-corrected chi connectivity index (χ3v) is 5.58. The van der Waals surface area contributed by atoms with Crippen LogP contribution < -0.4 is 15.2 Å². The molecule has 2 aromatic rings. The fourth-order valence-corrected chi connectivity index (χ4v) is 3.86. The fraction of sp³-hybridized carbons (Fsp3) is 0.417. The van der Waals surface area contributed by atoms with Crippen LogP contribution in [-0.2, 0) is 4.74 Å². The van der Waals surface area contributed by atoms with Crippen LogP contribution >= 0.6 is 0 Å². The first-order valence-corrected chi connectivity index (χ1v) is 10.8. The van der Waals surface area contributed by atoms with Crippen LogP contribution in [0.4, 0.5) is 10.5 Å². The van der Waals surface area contributed by atoms with E-state index in [2.05, 4.69) is 10.4 Å². The highest BCUT2D eigenvalue weighted by Crippen LogP contribution is 2.23. The number of nitrogens with zero attached hydrogens (tertiary/aromatic N) is 2. The van der Waals surface area contributed by atoms with Crippen molar-refractivity contribution < 1.29 is 24.0 Å². The van der Waals surface area contributed by atoms with Gasteiger partial charge in [0.25, 0.3) is 0 Å². The molecule has 1 unspecified atom stereocenters. The maximum atomic E-state index is 12.9. The Morgan fingerprint density at radius 1 is 1.10 bits per heavy atom. The molecular weight excluding hydrogens is 394 g/mol. The Hall–Kier alpha value is -3.06. The van der Waals surface area contributed by atoms with E-state index in [1.54, 1.807) is 31.4 Å². The molecule has 1 N–H and O–H groups in total. The normalized spacial score (nSPS) is 16.9. The van der Waals surface area contributed by atoms with E-state index in [0.717, 1.165) is 32.4 Å². The summed E-state index contributed by atoms with van der Waals surface area (Å²) in [4.78, 5) is 12.4. The van der Waals surface area contributed by atoms with Gasteiger partial charge in [0.15, 0.2) is 6.10 Å². The van der Waals surface area contributed by atoms with Crippen LogP contribution in [0, 0.1) is 0 Å². The number of quaternary nitrogens is 1. The van der Waals surface area contributed by atoms with Crippen LogP contribution in [0.3, 0.4) is 0 Å². The summed E-state index contributed by atoms with van der Waals surface area (Å²) in [5.41, 5.74) is 1.21. The van der Waals surface area contributed by atoms with E-state index in [1.807, 2.05) is 37.3 Å². The number of carbonyl (C=O) groups is 1. The number of rotatable bonds is 8. The van der Waals surface area contributed by atoms with Crippen LogP contribution in [0.25, 0.3) is 0 Å². The zero-order valence-corrected chi connectivity index (χ0v) is 18.3. The summed E-state index contributed by atoms with van der Waals surface area (Å²) in [5.74, 6) is 0.440. The van der Waals surface area contributed by atoms with Crippen molar-refractivity contribution in [3.63, 3.8) is 0 Å². The van der Waals surface area contributed by atoms with Crippen molar-refractivity contribution in [2.24, 2.45) is 5.10 Å². The van der Waals surface area contributed by atoms with Crippen molar-refractivity contribution >= 4 is 17.7 Å². The first kappa shape index (κ1) is 22.6. The summed E-state index contributed by atoms with van der Waals surface area (Å²) < 4.78 is 11.2. The summed E-state index contributed by atoms with van der Waals surface area (Å²) in [5, 5.41) is 20.3. The van der Waals surface area contributed by atoms with E-state index in [9.17, 15) is 9.90 Å². The molecule has 1 aliphatic rings. The van der Waals surface area contributed by atoms with Crippen molar-refractivity contribution in [3.8, 4) is 5.75 Å². The maximum Gasteiger partial charge on any atom is 0.412 e. The molecule has 7 nitrogen and oxygen atoms in total. The minimum absolute atomic E-state index is 0.256. The van der Waals surface area contributed by atoms with Gasteiger partial charge in [0.1, 0.15) is 25.4 Å². The van der Waals surface area contributed by atoms with Gasteiger partial charge < -0.3 is 14.6 Å². The van der Waals surface area contributed by atoms with Gasteiger partial charge >= 0.3 is 6.09 Å². The second-order valence-corrected chi connectivity index (χ2v) is 7.85. The molecule has 0 bridgehead atoms. The molecule has 0 aliphatic carbocycles. The highest BCUT2D eigenvalue weighted by Gasteiger charge is 2.34. The molecule has 166 valence electrons. The quantitative estimate of drug-likeness (QED) is 0.397. The van der Waals surface area contributed by atoms with E-state index < -0.39 is 6.09 Å². The van der Waals surface area contributed by atoms with Crippen LogP contribution in [0.1, 0.15) is 38.2 Å². The molecule has 31 heavy (non-hydrogen) atoms. The van der Waals surface area contributed by atoms with Crippen LogP contribution in [-0.4, -0.2) is 49.4 Å². The highest BCUT2D eigenvalue weighted by molar-refractivity contribution is 5.90. The number of methoxy groups -OCH3 is 1. The number of carbonyl (C=O) groups excluding carboxylic acids is 1. The number of para-hydroxylation sites is 1. The largest absolute Gasteiger partial charge is 0.855 e. The Bertz CT molecular complexity index is 862. The SMILES string of the molecule is CCC(C[N+]1(/N=C(\[O-])c2ccc(OC)cc2)CCCCC1)OC(=O)Nc1ccccc1. The Morgan fingerprint density at radius 3 is 2.39 bits per heavy atom. The number of anilines is 1. The number of ether oxygens (including phenoxy) is 2. The van der Waals surface area contributed by atoms with Gasteiger partial charge in [-0.25, -0.2) is 4.79 Å². The lowest BCUT2D eigenvalue weighted by Crippen LogP contribution is -2.53. The molecule has 0 radical (unpaired) electrons. The van der Waals surface area contributed by atoms with Crippen LogP contribution in [0.15, 0.2) is 59.7 Å². The third kappa shape index (κ3) is 6.46. The maximum absolute atomic E-state index is 12.9. The molecule has 7 heteroatoms. The molecule has 0 aromatic heterocycles. The molecule has 1 fully saturated rings. The zero-order chi connectivity index (χ0) is 22.1. The van der Waals surface area contributed by atoms with Gasteiger partial charge in [-0.2, -0.15) is 4.59 Å². The van der Waals surface area contributed by atoms with E-state index in [1.165, 1.54) is 0 Å². The van der Waals surface area contributed by atoms with E-state index in [0.29, 0.717) is 34.6 Å². The van der Waals surface area contributed by atoms with Gasteiger partial charge in [-0.3, -0.25) is 5.32 Å². The van der Waals surface area contributed by atoms with E-state index in [4.69, 9.17) is 9.47 Å². The number of benzene rings is 2. The summed E-state index contributed by atoms with van der Waals surface area (Å²) in [6.07, 6.45) is 2.93. The predicted octanol–water partition coefficient (Wildman–Crippen LogP) is 3.75.